The number of amides is 1. The van der Waals surface area contributed by atoms with E-state index in [9.17, 15) is 9.18 Å². The first kappa shape index (κ1) is 18.4. The van der Waals surface area contributed by atoms with Crippen molar-refractivity contribution in [2.75, 3.05) is 42.9 Å². The standard InChI is InChI=1S/C21H26FN3O/c1-15-12-16(2)21(17(3)13-15)23-20(26)14-24-8-10-25(11-9-24)19-6-4-18(22)5-7-19/h4-7,12-13H,8-11,14H2,1-3H3,(H,23,26)/p+1. The number of nitrogens with zero attached hydrogens (tertiary/aromatic N) is 1. The second-order valence-electron chi connectivity index (χ2n) is 7.21. The van der Waals surface area contributed by atoms with Gasteiger partial charge in [0.1, 0.15) is 5.82 Å². The lowest BCUT2D eigenvalue weighted by atomic mass is 10.1. The van der Waals surface area contributed by atoms with Crippen molar-refractivity contribution in [2.45, 2.75) is 20.8 Å². The van der Waals surface area contributed by atoms with E-state index in [2.05, 4.69) is 29.3 Å². The largest absolute Gasteiger partial charge is 0.360 e. The molecular formula is C21H27FN3O+. The molecule has 5 heteroatoms. The topological polar surface area (TPSA) is 36.8 Å². The molecule has 2 aromatic rings. The molecule has 0 bridgehead atoms. The second kappa shape index (κ2) is 7.87. The van der Waals surface area contributed by atoms with E-state index in [-0.39, 0.29) is 11.7 Å². The van der Waals surface area contributed by atoms with Gasteiger partial charge in [0.2, 0.25) is 0 Å². The summed E-state index contributed by atoms with van der Waals surface area (Å²) < 4.78 is 13.1. The van der Waals surface area contributed by atoms with E-state index in [1.54, 1.807) is 0 Å². The van der Waals surface area contributed by atoms with Crippen LogP contribution in [0.5, 0.6) is 0 Å². The van der Waals surface area contributed by atoms with Gasteiger partial charge in [-0.3, -0.25) is 4.79 Å². The average molecular weight is 356 g/mol. The Balaban J connectivity index is 1.53. The molecule has 0 aromatic heterocycles. The minimum Gasteiger partial charge on any atom is -0.360 e. The highest BCUT2D eigenvalue weighted by atomic mass is 19.1. The molecular weight excluding hydrogens is 329 g/mol. The van der Waals surface area contributed by atoms with E-state index in [0.29, 0.717) is 6.54 Å². The monoisotopic (exact) mass is 356 g/mol. The van der Waals surface area contributed by atoms with Gasteiger partial charge in [-0.1, -0.05) is 17.7 Å². The predicted molar refractivity (Wildman–Crippen MR) is 103 cm³/mol. The summed E-state index contributed by atoms with van der Waals surface area (Å²) in [6, 6.07) is 10.8. The van der Waals surface area contributed by atoms with Crippen LogP contribution in [0.2, 0.25) is 0 Å². The molecule has 1 aliphatic heterocycles. The molecule has 4 nitrogen and oxygen atoms in total. The predicted octanol–water partition coefficient (Wildman–Crippen LogP) is 2.09. The lowest BCUT2D eigenvalue weighted by Gasteiger charge is -2.33. The number of nitrogens with one attached hydrogen (secondary N) is 2. The van der Waals surface area contributed by atoms with Gasteiger partial charge < -0.3 is 15.1 Å². The molecule has 3 rings (SSSR count). The van der Waals surface area contributed by atoms with Crippen LogP contribution in [-0.2, 0) is 4.79 Å². The Morgan fingerprint density at radius 3 is 2.23 bits per heavy atom. The maximum Gasteiger partial charge on any atom is 0.279 e. The maximum atomic E-state index is 13.1. The van der Waals surface area contributed by atoms with Gasteiger partial charge in [0, 0.05) is 11.4 Å². The highest BCUT2D eigenvalue weighted by molar-refractivity contribution is 5.93. The van der Waals surface area contributed by atoms with Crippen molar-refractivity contribution in [2.24, 2.45) is 0 Å². The van der Waals surface area contributed by atoms with E-state index < -0.39 is 0 Å². The molecule has 0 radical (unpaired) electrons. The van der Waals surface area contributed by atoms with Crippen molar-refractivity contribution in [3.8, 4) is 0 Å². The number of hydrogen-bond acceptors (Lipinski definition) is 2. The van der Waals surface area contributed by atoms with E-state index in [1.165, 1.54) is 22.6 Å². The minimum absolute atomic E-state index is 0.0604. The SMILES string of the molecule is Cc1cc(C)c(NC(=O)C[NH+]2CCN(c3ccc(F)cc3)CC2)c(C)c1. The third-order valence-corrected chi connectivity index (χ3v) is 5.01. The van der Waals surface area contributed by atoms with Gasteiger partial charge >= 0.3 is 0 Å². The van der Waals surface area contributed by atoms with Crippen molar-refractivity contribution < 1.29 is 14.1 Å². The number of halogens is 1. The normalized spacial score (nSPS) is 15.2. The molecule has 138 valence electrons. The van der Waals surface area contributed by atoms with Gasteiger partial charge in [0.15, 0.2) is 6.54 Å². The van der Waals surface area contributed by atoms with Crippen molar-refractivity contribution in [3.63, 3.8) is 0 Å². The smallest absolute Gasteiger partial charge is 0.279 e. The number of piperazine rings is 1. The van der Waals surface area contributed by atoms with Crippen LogP contribution in [-0.4, -0.2) is 38.6 Å². The number of carbonyl (C=O) groups is 1. The van der Waals surface area contributed by atoms with Crippen molar-refractivity contribution in [1.29, 1.82) is 0 Å². The summed E-state index contributed by atoms with van der Waals surface area (Å²) in [4.78, 5) is 16.0. The first-order chi connectivity index (χ1) is 12.4. The van der Waals surface area contributed by atoms with Crippen LogP contribution < -0.4 is 15.1 Å². The molecule has 0 aliphatic carbocycles. The Morgan fingerprint density at radius 1 is 1.08 bits per heavy atom. The zero-order chi connectivity index (χ0) is 18.7. The molecule has 1 saturated heterocycles. The van der Waals surface area contributed by atoms with Crippen molar-refractivity contribution in [3.05, 3.63) is 58.9 Å². The number of rotatable bonds is 4. The van der Waals surface area contributed by atoms with Crippen LogP contribution >= 0.6 is 0 Å². The first-order valence-corrected chi connectivity index (χ1v) is 9.14. The number of quaternary nitrogens is 1. The zero-order valence-electron chi connectivity index (χ0n) is 15.7. The molecule has 0 unspecified atom stereocenters. The second-order valence-corrected chi connectivity index (χ2v) is 7.21. The van der Waals surface area contributed by atoms with Crippen LogP contribution in [0.3, 0.4) is 0 Å². The number of carbonyl (C=O) groups excluding carboxylic acids is 1. The molecule has 1 fully saturated rings. The molecule has 0 saturated carbocycles. The van der Waals surface area contributed by atoms with E-state index in [4.69, 9.17) is 0 Å². The highest BCUT2D eigenvalue weighted by Crippen LogP contribution is 2.21. The van der Waals surface area contributed by atoms with Gasteiger partial charge in [-0.25, -0.2) is 4.39 Å². The summed E-state index contributed by atoms with van der Waals surface area (Å²) in [6.45, 7) is 10.1. The van der Waals surface area contributed by atoms with Crippen molar-refractivity contribution in [1.82, 2.24) is 0 Å². The molecule has 0 atom stereocenters. The third-order valence-electron chi connectivity index (χ3n) is 5.01. The highest BCUT2D eigenvalue weighted by Gasteiger charge is 2.22. The van der Waals surface area contributed by atoms with Crippen LogP contribution in [0.4, 0.5) is 15.8 Å². The summed E-state index contributed by atoms with van der Waals surface area (Å²) >= 11 is 0. The van der Waals surface area contributed by atoms with Crippen LogP contribution in [0.25, 0.3) is 0 Å². The van der Waals surface area contributed by atoms with Crippen molar-refractivity contribution >= 4 is 17.3 Å². The fraction of sp³-hybridized carbons (Fsp3) is 0.381. The molecule has 1 heterocycles. The number of anilines is 2. The first-order valence-electron chi connectivity index (χ1n) is 9.14. The lowest BCUT2D eigenvalue weighted by Crippen LogP contribution is -3.15. The Kier molecular flexibility index (Phi) is 5.57. The van der Waals surface area contributed by atoms with Gasteiger partial charge in [-0.2, -0.15) is 0 Å². The maximum absolute atomic E-state index is 13.1. The number of hydrogen-bond donors (Lipinski definition) is 2. The van der Waals surface area contributed by atoms with Crippen LogP contribution in [0.15, 0.2) is 36.4 Å². The molecule has 1 amide bonds. The molecule has 26 heavy (non-hydrogen) atoms. The van der Waals surface area contributed by atoms with E-state index >= 15 is 0 Å². The fourth-order valence-electron chi connectivity index (χ4n) is 3.70. The minimum atomic E-state index is -0.212. The van der Waals surface area contributed by atoms with Gasteiger partial charge in [-0.15, -0.1) is 0 Å². The average Bonchev–Trinajstić information content (AvgIpc) is 2.59. The van der Waals surface area contributed by atoms with E-state index in [0.717, 1.165) is 48.7 Å². The Bertz CT molecular complexity index is 757. The Hall–Kier alpha value is -2.40. The fourth-order valence-corrected chi connectivity index (χ4v) is 3.70. The van der Waals surface area contributed by atoms with Gasteiger partial charge in [-0.05, 0) is 56.2 Å². The molecule has 2 N–H and O–H groups in total. The molecule has 1 aliphatic rings. The summed E-state index contributed by atoms with van der Waals surface area (Å²) in [5, 5.41) is 3.09. The summed E-state index contributed by atoms with van der Waals surface area (Å²) in [6.07, 6.45) is 0. The molecule has 2 aromatic carbocycles. The van der Waals surface area contributed by atoms with Gasteiger partial charge in [0.25, 0.3) is 5.91 Å². The lowest BCUT2D eigenvalue weighted by molar-refractivity contribution is -0.892. The molecule has 0 spiro atoms. The quantitative estimate of drug-likeness (QED) is 0.880. The Morgan fingerprint density at radius 2 is 1.65 bits per heavy atom. The van der Waals surface area contributed by atoms with Crippen LogP contribution in [0.1, 0.15) is 16.7 Å². The summed E-state index contributed by atoms with van der Waals surface area (Å²) in [7, 11) is 0. The summed E-state index contributed by atoms with van der Waals surface area (Å²) in [5.74, 6) is -0.151. The van der Waals surface area contributed by atoms with Crippen LogP contribution in [0, 0.1) is 26.6 Å². The number of aryl methyl sites for hydroxylation is 3. The van der Waals surface area contributed by atoms with E-state index in [1.807, 2.05) is 26.0 Å². The number of benzene rings is 2. The summed E-state index contributed by atoms with van der Waals surface area (Å²) in [5.41, 5.74) is 5.39. The zero-order valence-corrected chi connectivity index (χ0v) is 15.7. The third kappa shape index (κ3) is 4.41. The Labute approximate surface area is 154 Å². The van der Waals surface area contributed by atoms with Gasteiger partial charge in [0.05, 0.1) is 26.2 Å².